The van der Waals surface area contributed by atoms with Crippen LogP contribution in [0.3, 0.4) is 0 Å². The Balaban J connectivity index is 1.12. The van der Waals surface area contributed by atoms with E-state index >= 15 is 0 Å². The van der Waals surface area contributed by atoms with Crippen LogP contribution in [0.1, 0.15) is 81.0 Å². The molecule has 1 aromatic heterocycles. The van der Waals surface area contributed by atoms with Gasteiger partial charge in [-0.1, -0.05) is 42.8 Å². The van der Waals surface area contributed by atoms with E-state index in [1.54, 1.807) is 11.6 Å². The van der Waals surface area contributed by atoms with Crippen LogP contribution < -0.4 is 22.5 Å². The number of amides is 3. The van der Waals surface area contributed by atoms with Crippen LogP contribution in [-0.2, 0) is 50.4 Å². The summed E-state index contributed by atoms with van der Waals surface area (Å²) in [6.07, 6.45) is 6.93. The molecule has 3 aromatic rings. The maximum atomic E-state index is 13.1. The Hall–Kier alpha value is -3.80. The van der Waals surface area contributed by atoms with Crippen molar-refractivity contribution < 1.29 is 23.9 Å². The number of carbonyl (C=O) groups excluding carboxylic acids is 3. The zero-order valence-corrected chi connectivity index (χ0v) is 26.5. The normalized spacial score (nSPS) is 16.6. The number of nitrogens with two attached hydrogens (primary N) is 2. The summed E-state index contributed by atoms with van der Waals surface area (Å²) in [6, 6.07) is 13.3. The molecule has 11 heteroatoms. The molecule has 2 aromatic carbocycles. The number of carbonyl (C=O) groups is 3. The molecule has 45 heavy (non-hydrogen) atoms. The second kappa shape index (κ2) is 16.5. The maximum Gasteiger partial charge on any atom is 0.329 e. The topological polar surface area (TPSA) is 161 Å². The molecule has 1 unspecified atom stereocenters. The predicted molar refractivity (Wildman–Crippen MR) is 172 cm³/mol. The highest BCUT2D eigenvalue weighted by atomic mass is 16.5. The lowest BCUT2D eigenvalue weighted by Gasteiger charge is -2.21. The van der Waals surface area contributed by atoms with Gasteiger partial charge in [-0.3, -0.25) is 28.8 Å². The number of hydrogen-bond acceptors (Lipinski definition) is 7. The lowest BCUT2D eigenvalue weighted by atomic mass is 10.0. The van der Waals surface area contributed by atoms with Crippen molar-refractivity contribution in [2.75, 3.05) is 13.2 Å². The molecule has 244 valence electrons. The first-order valence-electron chi connectivity index (χ1n) is 16.0. The quantitative estimate of drug-likeness (QED) is 0.145. The summed E-state index contributed by atoms with van der Waals surface area (Å²) < 4.78 is 14.9. The van der Waals surface area contributed by atoms with Crippen LogP contribution >= 0.6 is 0 Å². The van der Waals surface area contributed by atoms with Crippen molar-refractivity contribution in [3.63, 3.8) is 0 Å². The van der Waals surface area contributed by atoms with Crippen molar-refractivity contribution in [1.82, 2.24) is 14.5 Å². The van der Waals surface area contributed by atoms with Crippen LogP contribution in [0, 0.1) is 0 Å². The molecule has 4 rings (SSSR count). The maximum absolute atomic E-state index is 13.1. The van der Waals surface area contributed by atoms with E-state index in [0.29, 0.717) is 38.2 Å². The number of aryl methyl sites for hydroxylation is 3. The van der Waals surface area contributed by atoms with Gasteiger partial charge in [0.1, 0.15) is 6.04 Å². The smallest absolute Gasteiger partial charge is 0.329 e. The third kappa shape index (κ3) is 9.35. The number of aromatic nitrogens is 2. The van der Waals surface area contributed by atoms with E-state index in [-0.39, 0.29) is 42.5 Å². The van der Waals surface area contributed by atoms with Crippen molar-refractivity contribution >= 4 is 28.8 Å². The molecule has 1 aliphatic heterocycles. The number of nitrogens with one attached hydrogen (secondary N) is 1. The second-order valence-corrected chi connectivity index (χ2v) is 12.0. The molecule has 1 saturated heterocycles. The van der Waals surface area contributed by atoms with Gasteiger partial charge < -0.3 is 20.9 Å². The monoisotopic (exact) mass is 621 g/mol. The van der Waals surface area contributed by atoms with E-state index in [0.717, 1.165) is 55.2 Å². The predicted octanol–water partition coefficient (Wildman–Crippen LogP) is 3.18. The standard InChI is InChI=1S/C34H47N5O6/c1-23(27(35)16-18-30(36)40)45-22-25-14-12-24(13-15-25)8-4-3-5-20-44-21-7-10-26-9-6-11-28-32(26)38(2)34(43)39(28)29-17-19-31(41)37-33(29)42/h6,9,11-15,23,27,29H,3-5,7-8,10,16-22,35H2,1-2H3,(H2,36,40)(H,37,41,42)/t23-,27+,29?/m1/s1. The minimum absolute atomic E-state index is 0.157. The Morgan fingerprint density at radius 1 is 1.00 bits per heavy atom. The van der Waals surface area contributed by atoms with E-state index < -0.39 is 11.9 Å². The first-order chi connectivity index (χ1) is 21.7. The summed E-state index contributed by atoms with van der Waals surface area (Å²) in [5, 5.41) is 2.36. The number of fused-ring (bicyclic) bond motifs is 1. The Morgan fingerprint density at radius 2 is 1.73 bits per heavy atom. The minimum atomic E-state index is -0.683. The molecule has 2 heterocycles. The number of piperidine rings is 1. The van der Waals surface area contributed by atoms with Gasteiger partial charge in [0, 0.05) is 39.1 Å². The molecule has 3 atom stereocenters. The van der Waals surface area contributed by atoms with Crippen LogP contribution in [-0.4, -0.2) is 52.2 Å². The van der Waals surface area contributed by atoms with Crippen molar-refractivity contribution in [2.45, 2.75) is 95.9 Å². The summed E-state index contributed by atoms with van der Waals surface area (Å²) in [5.41, 5.74) is 16.0. The first-order valence-corrected chi connectivity index (χ1v) is 16.0. The highest BCUT2D eigenvalue weighted by Gasteiger charge is 2.31. The zero-order chi connectivity index (χ0) is 32.3. The highest BCUT2D eigenvalue weighted by Crippen LogP contribution is 2.25. The summed E-state index contributed by atoms with van der Waals surface area (Å²) in [6.45, 7) is 3.74. The number of para-hydroxylation sites is 1. The molecule has 0 spiro atoms. The lowest BCUT2D eigenvalue weighted by Crippen LogP contribution is -2.44. The Bertz CT molecular complexity index is 1510. The Labute approximate surface area is 264 Å². The second-order valence-electron chi connectivity index (χ2n) is 12.0. The molecule has 11 nitrogen and oxygen atoms in total. The van der Waals surface area contributed by atoms with Gasteiger partial charge in [-0.25, -0.2) is 4.79 Å². The molecule has 0 radical (unpaired) electrons. The van der Waals surface area contributed by atoms with Gasteiger partial charge in [-0.05, 0) is 74.6 Å². The van der Waals surface area contributed by atoms with Crippen LogP contribution in [0.25, 0.3) is 11.0 Å². The number of imidazole rings is 1. The number of imide groups is 1. The fourth-order valence-corrected chi connectivity index (χ4v) is 5.82. The number of nitrogens with zero attached hydrogens (tertiary/aromatic N) is 2. The molecular weight excluding hydrogens is 574 g/mol. The third-order valence-corrected chi connectivity index (χ3v) is 8.56. The van der Waals surface area contributed by atoms with Gasteiger partial charge in [0.25, 0.3) is 0 Å². The van der Waals surface area contributed by atoms with Crippen molar-refractivity contribution in [3.8, 4) is 0 Å². The number of unbranched alkanes of at least 4 members (excludes halogenated alkanes) is 2. The van der Waals surface area contributed by atoms with Gasteiger partial charge in [0.2, 0.25) is 17.7 Å². The lowest BCUT2D eigenvalue weighted by molar-refractivity contribution is -0.135. The van der Waals surface area contributed by atoms with Crippen LogP contribution in [0.2, 0.25) is 0 Å². The number of ether oxygens (including phenoxy) is 2. The van der Waals surface area contributed by atoms with E-state index in [2.05, 4.69) is 29.6 Å². The zero-order valence-electron chi connectivity index (χ0n) is 26.5. The molecule has 1 fully saturated rings. The molecule has 0 bridgehead atoms. The molecule has 3 amide bonds. The average Bonchev–Trinajstić information content (AvgIpc) is 3.28. The molecule has 1 aliphatic rings. The summed E-state index contributed by atoms with van der Waals surface area (Å²) in [7, 11) is 1.73. The number of rotatable bonds is 18. The summed E-state index contributed by atoms with van der Waals surface area (Å²) >= 11 is 0. The number of benzene rings is 2. The fourth-order valence-electron chi connectivity index (χ4n) is 5.82. The fraction of sp³-hybridized carbons (Fsp3) is 0.529. The van der Waals surface area contributed by atoms with Crippen LogP contribution in [0.15, 0.2) is 47.3 Å². The number of primary amides is 1. The van der Waals surface area contributed by atoms with E-state index in [1.807, 2.05) is 25.1 Å². The van der Waals surface area contributed by atoms with E-state index in [4.69, 9.17) is 20.9 Å². The van der Waals surface area contributed by atoms with Crippen LogP contribution in [0.4, 0.5) is 0 Å². The van der Waals surface area contributed by atoms with Gasteiger partial charge >= 0.3 is 5.69 Å². The Kier molecular flexibility index (Phi) is 12.5. The molecular formula is C34H47N5O6. The van der Waals surface area contributed by atoms with E-state index in [1.165, 1.54) is 10.1 Å². The Morgan fingerprint density at radius 3 is 2.47 bits per heavy atom. The highest BCUT2D eigenvalue weighted by molar-refractivity contribution is 6.00. The van der Waals surface area contributed by atoms with Gasteiger partial charge in [0.05, 0.1) is 23.7 Å². The van der Waals surface area contributed by atoms with Crippen molar-refractivity contribution in [1.29, 1.82) is 0 Å². The SMILES string of the molecule is C[C@@H](OCc1ccc(CCCCCOCCCc2cccc3c2n(C)c(=O)n3C2CCC(=O)NC2=O)cc1)[C@@H](N)CCC(N)=O. The third-order valence-electron chi connectivity index (χ3n) is 8.56. The molecule has 5 N–H and O–H groups in total. The molecule has 0 saturated carbocycles. The van der Waals surface area contributed by atoms with Gasteiger partial charge in [-0.2, -0.15) is 0 Å². The largest absolute Gasteiger partial charge is 0.381 e. The minimum Gasteiger partial charge on any atom is -0.381 e. The van der Waals surface area contributed by atoms with Crippen molar-refractivity contribution in [3.05, 3.63) is 69.6 Å². The van der Waals surface area contributed by atoms with Crippen LogP contribution in [0.5, 0.6) is 0 Å². The molecule has 0 aliphatic carbocycles. The number of hydrogen-bond donors (Lipinski definition) is 3. The van der Waals surface area contributed by atoms with Gasteiger partial charge in [0.15, 0.2) is 0 Å². The van der Waals surface area contributed by atoms with Crippen molar-refractivity contribution in [2.24, 2.45) is 18.5 Å². The summed E-state index contributed by atoms with van der Waals surface area (Å²) in [5.74, 6) is -1.07. The van der Waals surface area contributed by atoms with Gasteiger partial charge in [-0.15, -0.1) is 0 Å². The first kappa shape index (κ1) is 34.1. The van der Waals surface area contributed by atoms with E-state index in [9.17, 15) is 19.2 Å². The summed E-state index contributed by atoms with van der Waals surface area (Å²) in [4.78, 5) is 48.1. The average molecular weight is 622 g/mol.